The summed E-state index contributed by atoms with van der Waals surface area (Å²) in [6.45, 7) is 5.40. The second kappa shape index (κ2) is 6.03. The van der Waals surface area contributed by atoms with Gasteiger partial charge in [-0.05, 0) is 18.6 Å². The Kier molecular flexibility index (Phi) is 4.67. The van der Waals surface area contributed by atoms with Crippen LogP contribution < -0.4 is 5.32 Å². The lowest BCUT2D eigenvalue weighted by atomic mass is 10.2. The monoisotopic (exact) mass is 256 g/mol. The number of nitrogens with one attached hydrogen (secondary N) is 1. The predicted octanol–water partition coefficient (Wildman–Crippen LogP) is 3.25. The van der Waals surface area contributed by atoms with E-state index in [0.717, 1.165) is 13.0 Å². The lowest BCUT2D eigenvalue weighted by Gasteiger charge is -2.06. The van der Waals surface area contributed by atoms with Gasteiger partial charge in [-0.3, -0.25) is 0 Å². The normalized spacial score (nSPS) is 20.8. The van der Waals surface area contributed by atoms with Crippen molar-refractivity contribution in [3.05, 3.63) is 16.1 Å². The third-order valence-corrected chi connectivity index (χ3v) is 5.25. The van der Waals surface area contributed by atoms with Gasteiger partial charge < -0.3 is 5.32 Å². The highest BCUT2D eigenvalue weighted by Crippen LogP contribution is 2.40. The van der Waals surface area contributed by atoms with Crippen LogP contribution in [-0.4, -0.2) is 23.3 Å². The Bertz CT molecular complexity index is 317. The Morgan fingerprint density at radius 3 is 3.12 bits per heavy atom. The Hall–Kier alpha value is -0.0600. The zero-order valence-electron chi connectivity index (χ0n) is 10.0. The van der Waals surface area contributed by atoms with E-state index in [0.29, 0.717) is 11.3 Å². The van der Waals surface area contributed by atoms with Crippen LogP contribution in [0.5, 0.6) is 0 Å². The van der Waals surface area contributed by atoms with Gasteiger partial charge >= 0.3 is 0 Å². The fourth-order valence-corrected chi connectivity index (χ4v) is 4.23. The molecule has 1 aliphatic heterocycles. The first-order chi connectivity index (χ1) is 7.75. The van der Waals surface area contributed by atoms with Crippen LogP contribution in [0, 0.1) is 0 Å². The topological polar surface area (TPSA) is 24.9 Å². The minimum absolute atomic E-state index is 0.573. The molecule has 4 heteroatoms. The molecule has 0 aromatic carbocycles. The molecule has 1 aliphatic rings. The molecule has 0 spiro atoms. The zero-order chi connectivity index (χ0) is 11.4. The van der Waals surface area contributed by atoms with Crippen molar-refractivity contribution in [2.24, 2.45) is 0 Å². The molecule has 0 amide bonds. The lowest BCUT2D eigenvalue weighted by Crippen LogP contribution is -2.25. The molecule has 2 heterocycles. The summed E-state index contributed by atoms with van der Waals surface area (Å²) in [5, 5.41) is 7.71. The van der Waals surface area contributed by atoms with Crippen LogP contribution in [0.4, 0.5) is 0 Å². The van der Waals surface area contributed by atoms with Crippen molar-refractivity contribution in [1.82, 2.24) is 10.3 Å². The quantitative estimate of drug-likeness (QED) is 0.875. The second-order valence-corrected chi connectivity index (χ2v) is 6.74. The van der Waals surface area contributed by atoms with E-state index in [9.17, 15) is 0 Å². The van der Waals surface area contributed by atoms with Crippen LogP contribution in [0.1, 0.15) is 42.6 Å². The molecule has 2 nitrogen and oxygen atoms in total. The Balaban J connectivity index is 1.82. The second-order valence-electron chi connectivity index (χ2n) is 4.54. The first kappa shape index (κ1) is 12.4. The molecule has 16 heavy (non-hydrogen) atoms. The summed E-state index contributed by atoms with van der Waals surface area (Å²) in [6, 6.07) is 0.573. The minimum atomic E-state index is 0.573. The summed E-state index contributed by atoms with van der Waals surface area (Å²) in [7, 11) is 0. The fourth-order valence-electron chi connectivity index (χ4n) is 1.85. The molecule has 0 radical (unpaired) electrons. The van der Waals surface area contributed by atoms with Gasteiger partial charge in [-0.1, -0.05) is 13.8 Å². The van der Waals surface area contributed by atoms with E-state index in [-0.39, 0.29) is 0 Å². The number of rotatable bonds is 5. The van der Waals surface area contributed by atoms with Crippen molar-refractivity contribution >= 4 is 23.1 Å². The molecule has 1 unspecified atom stereocenters. The summed E-state index contributed by atoms with van der Waals surface area (Å²) < 4.78 is 0. The standard InChI is InChI=1S/C12H20N2S2/c1-9(2)13-6-5-10-8-16-12(14-10)11-4-3-7-15-11/h8-9,11,13H,3-7H2,1-2H3. The van der Waals surface area contributed by atoms with Crippen LogP contribution in [0.2, 0.25) is 0 Å². The van der Waals surface area contributed by atoms with E-state index >= 15 is 0 Å². The van der Waals surface area contributed by atoms with Crippen molar-refractivity contribution < 1.29 is 0 Å². The van der Waals surface area contributed by atoms with Gasteiger partial charge in [0.25, 0.3) is 0 Å². The maximum Gasteiger partial charge on any atom is 0.106 e. The highest BCUT2D eigenvalue weighted by atomic mass is 32.2. The van der Waals surface area contributed by atoms with Gasteiger partial charge in [-0.2, -0.15) is 11.8 Å². The summed E-state index contributed by atoms with van der Waals surface area (Å²) in [6.07, 6.45) is 3.74. The lowest BCUT2D eigenvalue weighted by molar-refractivity contribution is 0.587. The van der Waals surface area contributed by atoms with E-state index in [2.05, 4.69) is 36.3 Å². The molecule has 0 aliphatic carbocycles. The number of nitrogens with zero attached hydrogens (tertiary/aromatic N) is 1. The molecular formula is C12H20N2S2. The van der Waals surface area contributed by atoms with Gasteiger partial charge in [0.05, 0.1) is 10.9 Å². The molecule has 1 aromatic rings. The number of aromatic nitrogens is 1. The molecule has 0 bridgehead atoms. The summed E-state index contributed by atoms with van der Waals surface area (Å²) in [5.41, 5.74) is 1.26. The molecule has 2 rings (SSSR count). The average molecular weight is 256 g/mol. The number of hydrogen-bond donors (Lipinski definition) is 1. The first-order valence-electron chi connectivity index (χ1n) is 6.05. The van der Waals surface area contributed by atoms with Crippen LogP contribution in [0.15, 0.2) is 5.38 Å². The molecular weight excluding hydrogens is 236 g/mol. The first-order valence-corrected chi connectivity index (χ1v) is 7.98. The maximum absolute atomic E-state index is 4.75. The van der Waals surface area contributed by atoms with E-state index in [1.807, 2.05) is 11.3 Å². The largest absolute Gasteiger partial charge is 0.314 e. The van der Waals surface area contributed by atoms with E-state index in [1.54, 1.807) is 0 Å². The Morgan fingerprint density at radius 2 is 2.44 bits per heavy atom. The van der Waals surface area contributed by atoms with Crippen LogP contribution in [0.25, 0.3) is 0 Å². The Labute approximate surface area is 106 Å². The SMILES string of the molecule is CC(C)NCCc1csc(C2CCCS2)n1. The van der Waals surface area contributed by atoms with Crippen molar-refractivity contribution in [2.75, 3.05) is 12.3 Å². The number of thioether (sulfide) groups is 1. The molecule has 90 valence electrons. The van der Waals surface area contributed by atoms with Crippen LogP contribution in [-0.2, 0) is 6.42 Å². The van der Waals surface area contributed by atoms with Crippen molar-refractivity contribution in [1.29, 1.82) is 0 Å². The predicted molar refractivity (Wildman–Crippen MR) is 73.4 cm³/mol. The van der Waals surface area contributed by atoms with Crippen molar-refractivity contribution in [3.63, 3.8) is 0 Å². The zero-order valence-corrected chi connectivity index (χ0v) is 11.7. The number of hydrogen-bond acceptors (Lipinski definition) is 4. The Morgan fingerprint density at radius 1 is 1.56 bits per heavy atom. The molecule has 1 fully saturated rings. The van der Waals surface area contributed by atoms with Gasteiger partial charge in [0.15, 0.2) is 0 Å². The summed E-state index contributed by atoms with van der Waals surface area (Å²) >= 11 is 3.92. The van der Waals surface area contributed by atoms with Gasteiger partial charge in [-0.15, -0.1) is 11.3 Å². The van der Waals surface area contributed by atoms with Crippen molar-refractivity contribution in [2.45, 2.75) is 44.4 Å². The highest BCUT2D eigenvalue weighted by Gasteiger charge is 2.20. The maximum atomic E-state index is 4.75. The average Bonchev–Trinajstić information content (AvgIpc) is 2.85. The van der Waals surface area contributed by atoms with E-state index in [4.69, 9.17) is 4.98 Å². The smallest absolute Gasteiger partial charge is 0.106 e. The summed E-state index contributed by atoms with van der Waals surface area (Å²) in [4.78, 5) is 4.75. The molecule has 1 saturated heterocycles. The van der Waals surface area contributed by atoms with E-state index in [1.165, 1.54) is 29.3 Å². The van der Waals surface area contributed by atoms with Gasteiger partial charge in [-0.25, -0.2) is 4.98 Å². The fraction of sp³-hybridized carbons (Fsp3) is 0.750. The van der Waals surface area contributed by atoms with Crippen molar-refractivity contribution in [3.8, 4) is 0 Å². The third kappa shape index (κ3) is 3.47. The van der Waals surface area contributed by atoms with Gasteiger partial charge in [0.1, 0.15) is 5.01 Å². The minimum Gasteiger partial charge on any atom is -0.314 e. The molecule has 1 N–H and O–H groups in total. The third-order valence-electron chi connectivity index (χ3n) is 2.71. The van der Waals surface area contributed by atoms with E-state index < -0.39 is 0 Å². The van der Waals surface area contributed by atoms with Gasteiger partial charge in [0.2, 0.25) is 0 Å². The van der Waals surface area contributed by atoms with Crippen LogP contribution >= 0.6 is 23.1 Å². The molecule has 1 atom stereocenters. The van der Waals surface area contributed by atoms with Gasteiger partial charge in [0, 0.05) is 24.4 Å². The highest BCUT2D eigenvalue weighted by molar-refractivity contribution is 7.99. The molecule has 0 saturated carbocycles. The summed E-state index contributed by atoms with van der Waals surface area (Å²) in [5.74, 6) is 1.31. The van der Waals surface area contributed by atoms with Crippen LogP contribution in [0.3, 0.4) is 0 Å². The number of thiazole rings is 1. The molecule has 1 aromatic heterocycles.